The summed E-state index contributed by atoms with van der Waals surface area (Å²) < 4.78 is 0. The summed E-state index contributed by atoms with van der Waals surface area (Å²) in [7, 11) is 1.53. The van der Waals surface area contributed by atoms with E-state index in [1.165, 1.54) is 7.05 Å². The van der Waals surface area contributed by atoms with Crippen molar-refractivity contribution in [3.05, 3.63) is 12.3 Å². The van der Waals surface area contributed by atoms with Gasteiger partial charge in [0.15, 0.2) is 0 Å². The molecule has 0 heterocycles. The Morgan fingerprint density at radius 2 is 2.20 bits per heavy atom. The lowest BCUT2D eigenvalue weighted by molar-refractivity contribution is -0.123. The molecule has 0 bridgehead atoms. The molecule has 0 aromatic rings. The first-order chi connectivity index (χ1) is 4.63. The molecule has 0 saturated carbocycles. The summed E-state index contributed by atoms with van der Waals surface area (Å²) in [6.45, 7) is 5.06. The van der Waals surface area contributed by atoms with Crippen molar-refractivity contribution >= 4 is 5.91 Å². The van der Waals surface area contributed by atoms with Gasteiger partial charge in [0.2, 0.25) is 5.91 Å². The lowest BCUT2D eigenvalue weighted by Gasteiger charge is -2.10. The van der Waals surface area contributed by atoms with Gasteiger partial charge < -0.3 is 5.32 Å². The van der Waals surface area contributed by atoms with Crippen LogP contribution in [0.3, 0.4) is 0 Å². The number of carbonyl (C=O) groups is 1. The van der Waals surface area contributed by atoms with Crippen molar-refractivity contribution in [2.75, 3.05) is 7.05 Å². The molecule has 0 aliphatic rings. The van der Waals surface area contributed by atoms with Crippen LogP contribution in [0.25, 0.3) is 0 Å². The minimum absolute atomic E-state index is 0.174. The molecule has 0 aromatic heterocycles. The van der Waals surface area contributed by atoms with Gasteiger partial charge in [-0.15, -0.1) is 0 Å². The normalized spacial score (nSPS) is 11.9. The van der Waals surface area contributed by atoms with Crippen molar-refractivity contribution in [3.8, 4) is 0 Å². The Balaban J connectivity index is 3.94. The van der Waals surface area contributed by atoms with Crippen LogP contribution in [0.4, 0.5) is 0 Å². The second kappa shape index (κ2) is 3.90. The lowest BCUT2D eigenvalue weighted by atomic mass is 10.1. The zero-order valence-corrected chi connectivity index (χ0v) is 6.14. The summed E-state index contributed by atoms with van der Waals surface area (Å²) in [4.78, 5) is 10.8. The van der Waals surface area contributed by atoms with E-state index in [2.05, 4.69) is 11.9 Å². The van der Waals surface area contributed by atoms with Gasteiger partial charge in [-0.05, 0) is 6.92 Å². The van der Waals surface area contributed by atoms with Gasteiger partial charge in [0, 0.05) is 12.7 Å². The monoisotopic (exact) mass is 144 g/mol. The molecule has 0 radical (unpaired) electrons. The largest absolute Gasteiger partial charge is 0.359 e. The molecule has 10 heavy (non-hydrogen) atoms. The second-order valence-electron chi connectivity index (χ2n) is 1.97. The minimum atomic E-state index is -0.407. The number of hydroxylamine groups is 1. The van der Waals surface area contributed by atoms with Crippen LogP contribution < -0.4 is 10.8 Å². The Labute approximate surface area is 59.9 Å². The van der Waals surface area contributed by atoms with Crippen molar-refractivity contribution in [3.63, 3.8) is 0 Å². The topological polar surface area (TPSA) is 61.4 Å². The van der Waals surface area contributed by atoms with Crippen LogP contribution >= 0.6 is 0 Å². The van der Waals surface area contributed by atoms with Crippen LogP contribution in [0.5, 0.6) is 0 Å². The van der Waals surface area contributed by atoms with Crippen LogP contribution in [-0.2, 0) is 4.79 Å². The zero-order chi connectivity index (χ0) is 8.15. The van der Waals surface area contributed by atoms with E-state index in [9.17, 15) is 4.79 Å². The van der Waals surface area contributed by atoms with Crippen LogP contribution in [-0.4, -0.2) is 18.2 Å². The summed E-state index contributed by atoms with van der Waals surface area (Å²) >= 11 is 0. The predicted octanol–water partition coefficient (Wildman–Crippen LogP) is -0.139. The average molecular weight is 144 g/mol. The van der Waals surface area contributed by atoms with E-state index >= 15 is 0 Å². The highest BCUT2D eigenvalue weighted by Crippen LogP contribution is 2.02. The first kappa shape index (κ1) is 8.97. The number of rotatable bonds is 3. The molecular formula is C6H12N2O2. The molecule has 0 aromatic carbocycles. The fourth-order valence-corrected chi connectivity index (χ4v) is 0.472. The zero-order valence-electron chi connectivity index (χ0n) is 6.14. The minimum Gasteiger partial charge on any atom is -0.359 e. The Hall–Kier alpha value is -1.03. The Morgan fingerprint density at radius 1 is 1.70 bits per heavy atom. The molecule has 0 saturated heterocycles. The van der Waals surface area contributed by atoms with Crippen molar-refractivity contribution in [2.24, 2.45) is 5.92 Å². The molecule has 0 spiro atoms. The summed E-state index contributed by atoms with van der Waals surface area (Å²) in [5.74, 6) is -0.582. The molecule has 0 aliphatic carbocycles. The molecule has 4 heteroatoms. The van der Waals surface area contributed by atoms with E-state index < -0.39 is 5.92 Å². The highest BCUT2D eigenvalue weighted by atomic mass is 16.5. The van der Waals surface area contributed by atoms with Gasteiger partial charge in [0.25, 0.3) is 0 Å². The third kappa shape index (κ3) is 2.06. The highest BCUT2D eigenvalue weighted by Gasteiger charge is 2.13. The van der Waals surface area contributed by atoms with E-state index in [4.69, 9.17) is 5.21 Å². The van der Waals surface area contributed by atoms with E-state index in [0.29, 0.717) is 5.70 Å². The maximum atomic E-state index is 10.8. The molecule has 0 aliphatic heterocycles. The van der Waals surface area contributed by atoms with Gasteiger partial charge in [-0.2, -0.15) is 0 Å². The molecule has 3 N–H and O–H groups in total. The van der Waals surface area contributed by atoms with Gasteiger partial charge >= 0.3 is 0 Å². The second-order valence-corrected chi connectivity index (χ2v) is 1.97. The molecule has 4 nitrogen and oxygen atoms in total. The first-order valence-electron chi connectivity index (χ1n) is 2.94. The maximum absolute atomic E-state index is 10.8. The summed E-state index contributed by atoms with van der Waals surface area (Å²) in [6, 6.07) is 0. The predicted molar refractivity (Wildman–Crippen MR) is 37.3 cm³/mol. The number of hydrogen-bond donors (Lipinski definition) is 3. The van der Waals surface area contributed by atoms with Gasteiger partial charge in [-0.3, -0.25) is 15.5 Å². The van der Waals surface area contributed by atoms with Gasteiger partial charge in [0.05, 0.1) is 5.92 Å². The molecule has 58 valence electrons. The standard InChI is InChI=1S/C6H12N2O2/c1-4(5(2)8-10)6(9)7-3/h4,8,10H,2H2,1,3H3,(H,7,9). The molecule has 0 fully saturated rings. The number of amides is 1. The van der Waals surface area contributed by atoms with Crippen molar-refractivity contribution in [1.29, 1.82) is 0 Å². The van der Waals surface area contributed by atoms with Gasteiger partial charge in [-0.25, -0.2) is 0 Å². The SMILES string of the molecule is C=C(NO)C(C)C(=O)NC. The fourth-order valence-electron chi connectivity index (χ4n) is 0.472. The Morgan fingerprint density at radius 3 is 2.50 bits per heavy atom. The van der Waals surface area contributed by atoms with E-state index in [0.717, 1.165) is 0 Å². The summed E-state index contributed by atoms with van der Waals surface area (Å²) in [6.07, 6.45) is 0. The van der Waals surface area contributed by atoms with Crippen molar-refractivity contribution in [1.82, 2.24) is 10.8 Å². The Bertz CT molecular complexity index is 129. The van der Waals surface area contributed by atoms with E-state index in [-0.39, 0.29) is 5.91 Å². The van der Waals surface area contributed by atoms with Crippen LogP contribution in [0.1, 0.15) is 6.92 Å². The van der Waals surface area contributed by atoms with Gasteiger partial charge in [0.1, 0.15) is 0 Å². The van der Waals surface area contributed by atoms with Crippen LogP contribution in [0, 0.1) is 5.92 Å². The highest BCUT2D eigenvalue weighted by molar-refractivity contribution is 5.80. The quantitative estimate of drug-likeness (QED) is 0.483. The third-order valence-corrected chi connectivity index (χ3v) is 1.31. The molecular weight excluding hydrogens is 132 g/mol. The van der Waals surface area contributed by atoms with Gasteiger partial charge in [-0.1, -0.05) is 6.58 Å². The molecule has 1 amide bonds. The van der Waals surface area contributed by atoms with Crippen molar-refractivity contribution in [2.45, 2.75) is 6.92 Å². The van der Waals surface area contributed by atoms with Crippen LogP contribution in [0.15, 0.2) is 12.3 Å². The maximum Gasteiger partial charge on any atom is 0.228 e. The smallest absolute Gasteiger partial charge is 0.228 e. The van der Waals surface area contributed by atoms with Crippen molar-refractivity contribution < 1.29 is 10.0 Å². The average Bonchev–Trinajstić information content (AvgIpc) is 2.00. The van der Waals surface area contributed by atoms with E-state index in [1.807, 2.05) is 5.48 Å². The first-order valence-corrected chi connectivity index (χ1v) is 2.94. The fraction of sp³-hybridized carbons (Fsp3) is 0.500. The number of nitrogens with one attached hydrogen (secondary N) is 2. The molecule has 1 atom stereocenters. The molecule has 0 rings (SSSR count). The van der Waals surface area contributed by atoms with Crippen LogP contribution in [0.2, 0.25) is 0 Å². The third-order valence-electron chi connectivity index (χ3n) is 1.31. The number of carbonyl (C=O) groups excluding carboxylic acids is 1. The summed E-state index contributed by atoms with van der Waals surface area (Å²) in [5.41, 5.74) is 2.12. The lowest BCUT2D eigenvalue weighted by Crippen LogP contribution is -2.29. The number of hydrogen-bond acceptors (Lipinski definition) is 3. The summed E-state index contributed by atoms with van der Waals surface area (Å²) in [5, 5.41) is 10.7. The van der Waals surface area contributed by atoms with E-state index in [1.54, 1.807) is 6.92 Å². The molecule has 1 unspecified atom stereocenters. The Kier molecular flexibility index (Phi) is 3.49.